The second kappa shape index (κ2) is 6.97. The SMILES string of the molecule is C[C@@H]1CCCN(C(N)=NC[C@@H]2CN3CCCC[C@@H]3CO2)C1. The quantitative estimate of drug-likeness (QED) is 0.616. The topological polar surface area (TPSA) is 54.1 Å². The minimum Gasteiger partial charge on any atom is -0.373 e. The standard InChI is InChI=1S/C16H30N4O/c1-13-5-4-8-20(10-13)16(17)18-9-15-11-19-7-3-2-6-14(19)12-21-15/h13-15H,2-12H2,1H3,(H2,17,18)/t13-,14-,15-/m1/s1. The number of morpholine rings is 1. The highest BCUT2D eigenvalue weighted by atomic mass is 16.5. The van der Waals surface area contributed by atoms with Crippen molar-refractivity contribution in [1.82, 2.24) is 9.80 Å². The molecule has 3 rings (SSSR count). The van der Waals surface area contributed by atoms with Crippen molar-refractivity contribution in [3.8, 4) is 0 Å². The van der Waals surface area contributed by atoms with E-state index < -0.39 is 0 Å². The summed E-state index contributed by atoms with van der Waals surface area (Å²) in [4.78, 5) is 9.44. The smallest absolute Gasteiger partial charge is 0.191 e. The Morgan fingerprint density at radius 1 is 1.19 bits per heavy atom. The van der Waals surface area contributed by atoms with Gasteiger partial charge in [-0.3, -0.25) is 9.89 Å². The molecule has 0 aromatic carbocycles. The molecule has 21 heavy (non-hydrogen) atoms. The molecule has 5 heteroatoms. The Morgan fingerprint density at radius 3 is 2.95 bits per heavy atom. The van der Waals surface area contributed by atoms with Gasteiger partial charge in [0.1, 0.15) is 0 Å². The first kappa shape index (κ1) is 15.1. The molecule has 0 amide bonds. The fourth-order valence-electron chi connectivity index (χ4n) is 3.85. The van der Waals surface area contributed by atoms with Gasteiger partial charge in [-0.1, -0.05) is 13.3 Å². The highest BCUT2D eigenvalue weighted by molar-refractivity contribution is 5.78. The maximum atomic E-state index is 6.17. The minimum absolute atomic E-state index is 0.222. The van der Waals surface area contributed by atoms with Gasteiger partial charge in [-0.2, -0.15) is 0 Å². The van der Waals surface area contributed by atoms with E-state index in [0.29, 0.717) is 18.5 Å². The van der Waals surface area contributed by atoms with Crippen LogP contribution in [0.25, 0.3) is 0 Å². The van der Waals surface area contributed by atoms with E-state index >= 15 is 0 Å². The third-order valence-electron chi connectivity index (χ3n) is 5.15. The molecule has 0 aromatic heterocycles. The van der Waals surface area contributed by atoms with Crippen molar-refractivity contribution >= 4 is 5.96 Å². The van der Waals surface area contributed by atoms with Gasteiger partial charge in [0.25, 0.3) is 0 Å². The van der Waals surface area contributed by atoms with Gasteiger partial charge in [0.15, 0.2) is 5.96 Å². The number of piperidine rings is 2. The van der Waals surface area contributed by atoms with Crippen molar-refractivity contribution in [3.63, 3.8) is 0 Å². The second-order valence-corrected chi connectivity index (χ2v) is 6.99. The summed E-state index contributed by atoms with van der Waals surface area (Å²) >= 11 is 0. The number of fused-ring (bicyclic) bond motifs is 1. The van der Waals surface area contributed by atoms with Crippen molar-refractivity contribution < 1.29 is 4.74 Å². The summed E-state index contributed by atoms with van der Waals surface area (Å²) in [5.41, 5.74) is 6.17. The Labute approximate surface area is 128 Å². The van der Waals surface area contributed by atoms with Gasteiger partial charge in [0.2, 0.25) is 0 Å². The summed E-state index contributed by atoms with van der Waals surface area (Å²) in [6, 6.07) is 0.652. The lowest BCUT2D eigenvalue weighted by atomic mass is 10.0. The van der Waals surface area contributed by atoms with Crippen LogP contribution in [0, 0.1) is 5.92 Å². The molecule has 5 nitrogen and oxygen atoms in total. The summed E-state index contributed by atoms with van der Waals surface area (Å²) in [6.45, 7) is 8.24. The number of nitrogens with zero attached hydrogens (tertiary/aromatic N) is 3. The molecule has 2 N–H and O–H groups in total. The molecule has 3 heterocycles. The van der Waals surface area contributed by atoms with Crippen molar-refractivity contribution in [3.05, 3.63) is 0 Å². The predicted molar refractivity (Wildman–Crippen MR) is 85.4 cm³/mol. The number of aliphatic imine (C=N–C) groups is 1. The van der Waals surface area contributed by atoms with Gasteiger partial charge in [0, 0.05) is 25.7 Å². The average molecular weight is 294 g/mol. The van der Waals surface area contributed by atoms with Crippen LogP contribution in [0.3, 0.4) is 0 Å². The number of guanidine groups is 1. The summed E-state index contributed by atoms with van der Waals surface area (Å²) in [7, 11) is 0. The molecule has 3 aliphatic heterocycles. The van der Waals surface area contributed by atoms with Gasteiger partial charge in [-0.05, 0) is 38.1 Å². The molecule has 0 unspecified atom stereocenters. The van der Waals surface area contributed by atoms with E-state index in [9.17, 15) is 0 Å². The number of hydrogen-bond donors (Lipinski definition) is 1. The van der Waals surface area contributed by atoms with Gasteiger partial charge >= 0.3 is 0 Å². The molecule has 3 aliphatic rings. The van der Waals surface area contributed by atoms with Crippen LogP contribution < -0.4 is 5.73 Å². The Morgan fingerprint density at radius 2 is 2.10 bits per heavy atom. The highest BCUT2D eigenvalue weighted by Crippen LogP contribution is 2.22. The second-order valence-electron chi connectivity index (χ2n) is 6.99. The van der Waals surface area contributed by atoms with Crippen LogP contribution in [0.1, 0.15) is 39.0 Å². The zero-order valence-corrected chi connectivity index (χ0v) is 13.3. The Kier molecular flexibility index (Phi) is 5.01. The van der Waals surface area contributed by atoms with Crippen LogP contribution in [-0.4, -0.2) is 67.2 Å². The van der Waals surface area contributed by atoms with Crippen molar-refractivity contribution in [2.24, 2.45) is 16.6 Å². The molecule has 3 fully saturated rings. The Bertz CT molecular complexity index is 373. The first-order valence-electron chi connectivity index (χ1n) is 8.63. The van der Waals surface area contributed by atoms with Crippen molar-refractivity contribution in [1.29, 1.82) is 0 Å². The zero-order chi connectivity index (χ0) is 14.7. The molecule has 0 spiro atoms. The molecule has 3 atom stereocenters. The molecule has 3 saturated heterocycles. The number of hydrogen-bond acceptors (Lipinski definition) is 3. The third-order valence-corrected chi connectivity index (χ3v) is 5.15. The van der Waals surface area contributed by atoms with Crippen LogP contribution in [-0.2, 0) is 4.74 Å². The molecule has 120 valence electrons. The van der Waals surface area contributed by atoms with E-state index in [1.54, 1.807) is 0 Å². The van der Waals surface area contributed by atoms with Crippen LogP contribution in [0.5, 0.6) is 0 Å². The average Bonchev–Trinajstić information content (AvgIpc) is 2.52. The van der Waals surface area contributed by atoms with E-state index in [-0.39, 0.29) is 6.10 Å². The van der Waals surface area contributed by atoms with Crippen LogP contribution in [0.2, 0.25) is 0 Å². The summed E-state index contributed by atoms with van der Waals surface area (Å²) < 4.78 is 5.98. The Balaban J connectivity index is 1.48. The van der Waals surface area contributed by atoms with Gasteiger partial charge in [-0.15, -0.1) is 0 Å². The minimum atomic E-state index is 0.222. The van der Waals surface area contributed by atoms with E-state index in [1.807, 2.05) is 0 Å². The van der Waals surface area contributed by atoms with Gasteiger partial charge < -0.3 is 15.4 Å². The maximum absolute atomic E-state index is 6.17. The monoisotopic (exact) mass is 294 g/mol. The summed E-state index contributed by atoms with van der Waals surface area (Å²) in [5, 5.41) is 0. The lowest BCUT2D eigenvalue weighted by molar-refractivity contribution is -0.0703. The molecule has 0 radical (unpaired) electrons. The first-order valence-corrected chi connectivity index (χ1v) is 8.63. The maximum Gasteiger partial charge on any atom is 0.191 e. The molecule has 0 bridgehead atoms. The van der Waals surface area contributed by atoms with Gasteiger partial charge in [0.05, 0.1) is 19.3 Å². The zero-order valence-electron chi connectivity index (χ0n) is 13.3. The van der Waals surface area contributed by atoms with Crippen LogP contribution in [0.4, 0.5) is 0 Å². The van der Waals surface area contributed by atoms with Crippen LogP contribution in [0.15, 0.2) is 4.99 Å². The fourth-order valence-corrected chi connectivity index (χ4v) is 3.85. The number of rotatable bonds is 2. The van der Waals surface area contributed by atoms with Crippen molar-refractivity contribution in [2.75, 3.05) is 39.3 Å². The molecule has 0 aliphatic carbocycles. The normalized spacial score (nSPS) is 35.6. The van der Waals surface area contributed by atoms with E-state index in [0.717, 1.165) is 32.2 Å². The lowest BCUT2D eigenvalue weighted by Crippen LogP contribution is -2.52. The number of likely N-dealkylation sites (tertiary alicyclic amines) is 1. The summed E-state index contributed by atoms with van der Waals surface area (Å²) in [5.74, 6) is 1.44. The van der Waals surface area contributed by atoms with E-state index in [1.165, 1.54) is 38.6 Å². The largest absolute Gasteiger partial charge is 0.373 e. The van der Waals surface area contributed by atoms with Crippen molar-refractivity contribution in [2.45, 2.75) is 51.2 Å². The molecule has 0 saturated carbocycles. The number of nitrogens with two attached hydrogens (primary N) is 1. The summed E-state index contributed by atoms with van der Waals surface area (Å²) in [6.07, 6.45) is 6.75. The third kappa shape index (κ3) is 3.89. The first-order chi connectivity index (χ1) is 10.2. The van der Waals surface area contributed by atoms with E-state index in [4.69, 9.17) is 10.5 Å². The Hall–Kier alpha value is -0.810. The molecule has 0 aromatic rings. The predicted octanol–water partition coefficient (Wildman–Crippen LogP) is 1.29. The molecular formula is C16H30N4O. The molecular weight excluding hydrogens is 264 g/mol. The van der Waals surface area contributed by atoms with Crippen LogP contribution >= 0.6 is 0 Å². The number of ether oxygens (including phenoxy) is 1. The fraction of sp³-hybridized carbons (Fsp3) is 0.938. The van der Waals surface area contributed by atoms with Gasteiger partial charge in [-0.25, -0.2) is 0 Å². The lowest BCUT2D eigenvalue weighted by Gasteiger charge is -2.42. The highest BCUT2D eigenvalue weighted by Gasteiger charge is 2.30. The van der Waals surface area contributed by atoms with E-state index in [2.05, 4.69) is 21.7 Å².